The number of imidazole rings is 1. The average Bonchev–Trinajstić information content (AvgIpc) is 3.33. The zero-order valence-electron chi connectivity index (χ0n) is 19.3. The van der Waals surface area contributed by atoms with Crippen LogP contribution in [-0.2, 0) is 4.79 Å². The van der Waals surface area contributed by atoms with Gasteiger partial charge in [0.1, 0.15) is 11.2 Å². The topological polar surface area (TPSA) is 61.4 Å². The highest BCUT2D eigenvalue weighted by Gasteiger charge is 2.24. The van der Waals surface area contributed by atoms with Gasteiger partial charge in [0.15, 0.2) is 17.0 Å². The fourth-order valence-electron chi connectivity index (χ4n) is 4.00. The second-order valence-corrected chi connectivity index (χ2v) is 9.36. The van der Waals surface area contributed by atoms with Crippen molar-refractivity contribution in [1.82, 2.24) is 18.9 Å². The van der Waals surface area contributed by atoms with Crippen LogP contribution in [0.15, 0.2) is 48.7 Å². The zero-order valence-corrected chi connectivity index (χ0v) is 20.0. The lowest BCUT2D eigenvalue weighted by atomic mass is 10.2. The average molecular weight is 461 g/mol. The van der Waals surface area contributed by atoms with Crippen LogP contribution in [0.3, 0.4) is 0 Å². The predicted octanol–water partition coefficient (Wildman–Crippen LogP) is 6.47. The molecule has 0 saturated heterocycles. The maximum absolute atomic E-state index is 12.6. The summed E-state index contributed by atoms with van der Waals surface area (Å²) in [6.45, 7) is 9.81. The molecule has 0 saturated carbocycles. The molecule has 6 nitrogen and oxygen atoms in total. The van der Waals surface area contributed by atoms with Crippen LogP contribution in [0.4, 0.5) is 0 Å². The molecule has 3 aromatic heterocycles. The predicted molar refractivity (Wildman–Crippen MR) is 132 cm³/mol. The van der Waals surface area contributed by atoms with E-state index in [0.717, 1.165) is 28.1 Å². The number of ether oxygens (including phenoxy) is 1. The maximum Gasteiger partial charge on any atom is 0.313 e. The number of nitrogens with zero attached hydrogens (tertiary/aromatic N) is 4. The summed E-state index contributed by atoms with van der Waals surface area (Å²) in [6.07, 6.45) is 1.81. The SMILES string of the molecule is Cc1ccc(-n2cc(OC(=O)C(C)C)c3c2nc(C(C)C)n2c4ccccc4nc32)cc1Cl. The molecule has 0 atom stereocenters. The number of carbonyl (C=O) groups is 1. The summed E-state index contributed by atoms with van der Waals surface area (Å²) in [5, 5.41) is 1.35. The zero-order chi connectivity index (χ0) is 23.4. The van der Waals surface area contributed by atoms with Gasteiger partial charge in [0, 0.05) is 16.6 Å². The van der Waals surface area contributed by atoms with E-state index in [-0.39, 0.29) is 17.8 Å². The molecule has 7 heteroatoms. The van der Waals surface area contributed by atoms with E-state index in [1.807, 2.05) is 74.0 Å². The van der Waals surface area contributed by atoms with E-state index in [9.17, 15) is 4.79 Å². The highest BCUT2D eigenvalue weighted by molar-refractivity contribution is 6.31. The smallest absolute Gasteiger partial charge is 0.313 e. The number of carbonyl (C=O) groups excluding carboxylic acids is 1. The third-order valence-corrected chi connectivity index (χ3v) is 6.22. The molecular formula is C26H25ClN4O2. The molecule has 5 aromatic rings. The molecule has 0 unspecified atom stereocenters. The Hall–Kier alpha value is -3.38. The largest absolute Gasteiger partial charge is 0.424 e. The summed E-state index contributed by atoms with van der Waals surface area (Å²) < 4.78 is 9.86. The molecule has 0 N–H and O–H groups in total. The first-order valence-electron chi connectivity index (χ1n) is 11.1. The van der Waals surface area contributed by atoms with Crippen LogP contribution in [0.1, 0.15) is 45.0 Å². The molecule has 0 aliphatic carbocycles. The van der Waals surface area contributed by atoms with Gasteiger partial charge in [-0.1, -0.05) is 57.5 Å². The van der Waals surface area contributed by atoms with Crippen molar-refractivity contribution in [3.8, 4) is 11.4 Å². The van der Waals surface area contributed by atoms with Crippen molar-refractivity contribution >= 4 is 45.3 Å². The quantitative estimate of drug-likeness (QED) is 0.288. The van der Waals surface area contributed by atoms with E-state index >= 15 is 0 Å². The van der Waals surface area contributed by atoms with Gasteiger partial charge in [-0.05, 0) is 36.8 Å². The van der Waals surface area contributed by atoms with Gasteiger partial charge >= 0.3 is 5.97 Å². The molecular weight excluding hydrogens is 436 g/mol. The fourth-order valence-corrected chi connectivity index (χ4v) is 4.17. The number of esters is 1. The molecule has 0 amide bonds. The van der Waals surface area contributed by atoms with E-state index in [4.69, 9.17) is 26.3 Å². The van der Waals surface area contributed by atoms with E-state index in [1.165, 1.54) is 0 Å². The number of benzene rings is 2. The number of fused-ring (bicyclic) bond motifs is 5. The van der Waals surface area contributed by atoms with E-state index < -0.39 is 0 Å². The van der Waals surface area contributed by atoms with Crippen molar-refractivity contribution in [1.29, 1.82) is 0 Å². The van der Waals surface area contributed by atoms with Crippen LogP contribution in [0.5, 0.6) is 5.75 Å². The molecule has 5 rings (SSSR count). The molecule has 0 bridgehead atoms. The summed E-state index contributed by atoms with van der Waals surface area (Å²) in [5.41, 5.74) is 5.05. The summed E-state index contributed by atoms with van der Waals surface area (Å²) in [7, 11) is 0. The Balaban J connectivity index is 1.92. The van der Waals surface area contributed by atoms with Gasteiger partial charge in [-0.25, -0.2) is 9.97 Å². The Kier molecular flexibility index (Phi) is 5.13. The Labute approximate surface area is 196 Å². The van der Waals surface area contributed by atoms with Gasteiger partial charge in [-0.15, -0.1) is 0 Å². The van der Waals surface area contributed by atoms with Crippen molar-refractivity contribution in [2.45, 2.75) is 40.5 Å². The first kappa shape index (κ1) is 21.5. The highest BCUT2D eigenvalue weighted by atomic mass is 35.5. The van der Waals surface area contributed by atoms with Crippen LogP contribution >= 0.6 is 11.6 Å². The minimum absolute atomic E-state index is 0.140. The molecule has 3 heterocycles. The number of aromatic nitrogens is 4. The van der Waals surface area contributed by atoms with Crippen molar-refractivity contribution in [2.75, 3.05) is 0 Å². The first-order chi connectivity index (χ1) is 15.8. The van der Waals surface area contributed by atoms with Gasteiger partial charge in [0.2, 0.25) is 0 Å². The van der Waals surface area contributed by atoms with E-state index in [0.29, 0.717) is 27.5 Å². The van der Waals surface area contributed by atoms with Crippen LogP contribution in [0.2, 0.25) is 5.02 Å². The Morgan fingerprint density at radius 3 is 2.48 bits per heavy atom. The number of para-hydroxylation sites is 2. The molecule has 0 spiro atoms. The van der Waals surface area contributed by atoms with Crippen molar-refractivity contribution in [3.05, 3.63) is 65.1 Å². The minimum Gasteiger partial charge on any atom is -0.424 e. The van der Waals surface area contributed by atoms with Gasteiger partial charge in [0.25, 0.3) is 0 Å². The Bertz CT molecular complexity index is 1550. The standard InChI is InChI=1S/C26H25ClN4O2/c1-14(2)23-29-24-22(25-28-19-8-6-7-9-20(19)31(23)25)21(33-26(32)15(3)4)13-30(24)17-11-10-16(5)18(27)12-17/h6-15H,1-5H3. The maximum atomic E-state index is 12.6. The number of hydrogen-bond donors (Lipinski definition) is 0. The van der Waals surface area contributed by atoms with Crippen LogP contribution in [0.25, 0.3) is 33.4 Å². The lowest BCUT2D eigenvalue weighted by molar-refractivity contribution is -0.137. The van der Waals surface area contributed by atoms with E-state index in [2.05, 4.69) is 18.2 Å². The second-order valence-electron chi connectivity index (χ2n) is 8.96. The summed E-state index contributed by atoms with van der Waals surface area (Å²) in [4.78, 5) is 22.6. The van der Waals surface area contributed by atoms with Gasteiger partial charge in [-0.3, -0.25) is 13.8 Å². The number of rotatable bonds is 4. The van der Waals surface area contributed by atoms with Crippen molar-refractivity contribution in [2.24, 2.45) is 5.92 Å². The summed E-state index contributed by atoms with van der Waals surface area (Å²) in [5.74, 6) is 0.878. The van der Waals surface area contributed by atoms with Gasteiger partial charge in [-0.2, -0.15) is 0 Å². The Morgan fingerprint density at radius 2 is 1.79 bits per heavy atom. The van der Waals surface area contributed by atoms with Crippen molar-refractivity contribution < 1.29 is 9.53 Å². The number of hydrogen-bond acceptors (Lipinski definition) is 4. The molecule has 168 valence electrons. The number of aryl methyl sites for hydroxylation is 1. The minimum atomic E-state index is -0.307. The van der Waals surface area contributed by atoms with Crippen molar-refractivity contribution in [3.63, 3.8) is 0 Å². The summed E-state index contributed by atoms with van der Waals surface area (Å²) >= 11 is 6.44. The third kappa shape index (κ3) is 3.45. The van der Waals surface area contributed by atoms with Crippen LogP contribution in [-0.4, -0.2) is 24.9 Å². The highest BCUT2D eigenvalue weighted by Crippen LogP contribution is 2.37. The first-order valence-corrected chi connectivity index (χ1v) is 11.4. The van der Waals surface area contributed by atoms with Gasteiger partial charge < -0.3 is 4.74 Å². The molecule has 0 fully saturated rings. The second kappa shape index (κ2) is 7.89. The normalized spacial score (nSPS) is 12.0. The lowest BCUT2D eigenvalue weighted by Gasteiger charge is -2.12. The third-order valence-electron chi connectivity index (χ3n) is 5.81. The molecule has 33 heavy (non-hydrogen) atoms. The van der Waals surface area contributed by atoms with Gasteiger partial charge in [0.05, 0.1) is 23.1 Å². The molecule has 0 aliphatic rings. The number of halogens is 1. The molecule has 0 aliphatic heterocycles. The monoisotopic (exact) mass is 460 g/mol. The van der Waals surface area contributed by atoms with Crippen LogP contribution < -0.4 is 4.74 Å². The summed E-state index contributed by atoms with van der Waals surface area (Å²) in [6, 6.07) is 13.8. The lowest BCUT2D eigenvalue weighted by Crippen LogP contribution is -2.14. The van der Waals surface area contributed by atoms with Crippen LogP contribution in [0, 0.1) is 12.8 Å². The fraction of sp³-hybridized carbons (Fsp3) is 0.269. The molecule has 0 radical (unpaired) electrons. The Morgan fingerprint density at radius 1 is 1.03 bits per heavy atom. The van der Waals surface area contributed by atoms with E-state index in [1.54, 1.807) is 0 Å². The molecule has 2 aromatic carbocycles.